The molecule has 1 N–H and O–H groups in total. The van der Waals surface area contributed by atoms with Crippen LogP contribution in [0.1, 0.15) is 11.1 Å². The lowest BCUT2D eigenvalue weighted by Gasteiger charge is -2.14. The highest BCUT2D eigenvalue weighted by Gasteiger charge is 2.13. The van der Waals surface area contributed by atoms with Crippen molar-refractivity contribution >= 4 is 10.9 Å². The summed E-state index contributed by atoms with van der Waals surface area (Å²) in [5.74, 6) is 0. The zero-order valence-electron chi connectivity index (χ0n) is 14.1. The van der Waals surface area contributed by atoms with Crippen LogP contribution in [0.3, 0.4) is 0 Å². The summed E-state index contributed by atoms with van der Waals surface area (Å²) < 4.78 is 0. The average Bonchev–Trinajstić information content (AvgIpc) is 2.68. The Morgan fingerprint density at radius 3 is 2.24 bits per heavy atom. The van der Waals surface area contributed by atoms with Gasteiger partial charge >= 0.3 is 0 Å². The lowest BCUT2D eigenvalue weighted by molar-refractivity contribution is 0.282. The predicted molar refractivity (Wildman–Crippen MR) is 103 cm³/mol. The van der Waals surface area contributed by atoms with Crippen molar-refractivity contribution < 1.29 is 5.11 Å². The van der Waals surface area contributed by atoms with Gasteiger partial charge in [0, 0.05) is 10.9 Å². The van der Waals surface area contributed by atoms with Crippen molar-refractivity contribution in [1.29, 1.82) is 0 Å². The van der Waals surface area contributed by atoms with Gasteiger partial charge in [0.05, 0.1) is 17.8 Å². The fourth-order valence-corrected chi connectivity index (χ4v) is 3.34. The second-order valence-corrected chi connectivity index (χ2v) is 6.19. The largest absolute Gasteiger partial charge is 0.392 e. The lowest BCUT2D eigenvalue weighted by atomic mass is 9.96. The first kappa shape index (κ1) is 15.6. The number of aliphatic hydroxyl groups is 1. The van der Waals surface area contributed by atoms with Crippen molar-refractivity contribution in [2.24, 2.45) is 0 Å². The first-order chi connectivity index (χ1) is 12.3. The van der Waals surface area contributed by atoms with Crippen molar-refractivity contribution in [3.63, 3.8) is 0 Å². The van der Waals surface area contributed by atoms with E-state index in [1.807, 2.05) is 49.4 Å². The summed E-state index contributed by atoms with van der Waals surface area (Å²) in [4.78, 5) is 4.88. The van der Waals surface area contributed by atoms with Gasteiger partial charge in [-0.05, 0) is 41.3 Å². The molecule has 2 nitrogen and oxygen atoms in total. The summed E-state index contributed by atoms with van der Waals surface area (Å²) >= 11 is 0. The SMILES string of the molecule is Cc1c(-c2cccc(-c3ccccc3)c2)nc2ccccc2c1CO. The first-order valence-corrected chi connectivity index (χ1v) is 8.43. The number of benzene rings is 3. The number of hydrogen-bond donors (Lipinski definition) is 1. The molecule has 0 unspecified atom stereocenters. The van der Waals surface area contributed by atoms with Gasteiger partial charge < -0.3 is 5.11 Å². The van der Waals surface area contributed by atoms with E-state index in [-0.39, 0.29) is 6.61 Å². The van der Waals surface area contributed by atoms with Gasteiger partial charge in [-0.15, -0.1) is 0 Å². The molecule has 0 bridgehead atoms. The second-order valence-electron chi connectivity index (χ2n) is 6.19. The molecule has 122 valence electrons. The zero-order chi connectivity index (χ0) is 17.2. The molecule has 0 atom stereocenters. The molecule has 0 fully saturated rings. The molecule has 0 saturated heterocycles. The number of aliphatic hydroxyl groups excluding tert-OH is 1. The third-order valence-electron chi connectivity index (χ3n) is 4.67. The van der Waals surface area contributed by atoms with Crippen LogP contribution >= 0.6 is 0 Å². The van der Waals surface area contributed by atoms with Crippen LogP contribution < -0.4 is 0 Å². The van der Waals surface area contributed by atoms with E-state index in [0.29, 0.717) is 0 Å². The van der Waals surface area contributed by atoms with E-state index < -0.39 is 0 Å². The van der Waals surface area contributed by atoms with E-state index in [1.54, 1.807) is 0 Å². The van der Waals surface area contributed by atoms with Crippen LogP contribution in [-0.4, -0.2) is 10.1 Å². The summed E-state index contributed by atoms with van der Waals surface area (Å²) in [5, 5.41) is 10.9. The van der Waals surface area contributed by atoms with Gasteiger partial charge in [-0.2, -0.15) is 0 Å². The van der Waals surface area contributed by atoms with Gasteiger partial charge in [0.2, 0.25) is 0 Å². The van der Waals surface area contributed by atoms with Gasteiger partial charge in [-0.3, -0.25) is 0 Å². The highest BCUT2D eigenvalue weighted by molar-refractivity contribution is 5.87. The number of aromatic nitrogens is 1. The van der Waals surface area contributed by atoms with Crippen LogP contribution in [0.4, 0.5) is 0 Å². The maximum absolute atomic E-state index is 9.89. The normalized spacial score (nSPS) is 11.0. The smallest absolute Gasteiger partial charge is 0.0742 e. The van der Waals surface area contributed by atoms with Gasteiger partial charge in [0.1, 0.15) is 0 Å². The third kappa shape index (κ3) is 2.81. The summed E-state index contributed by atoms with van der Waals surface area (Å²) in [6, 6.07) is 26.7. The summed E-state index contributed by atoms with van der Waals surface area (Å²) in [5.41, 5.74) is 7.25. The Morgan fingerprint density at radius 2 is 1.44 bits per heavy atom. The molecule has 3 aromatic carbocycles. The molecule has 4 aromatic rings. The standard InChI is InChI=1S/C23H19NO/c1-16-21(15-25)20-12-5-6-13-22(20)24-23(16)19-11-7-10-18(14-19)17-8-3-2-4-9-17/h2-14,25H,15H2,1H3. The van der Waals surface area contributed by atoms with Crippen LogP contribution in [0.5, 0.6) is 0 Å². The lowest BCUT2D eigenvalue weighted by Crippen LogP contribution is -1.98. The fraction of sp³-hybridized carbons (Fsp3) is 0.0870. The maximum Gasteiger partial charge on any atom is 0.0742 e. The Balaban J connectivity index is 1.92. The quantitative estimate of drug-likeness (QED) is 0.549. The van der Waals surface area contributed by atoms with E-state index in [9.17, 15) is 5.11 Å². The number of hydrogen-bond acceptors (Lipinski definition) is 2. The molecule has 2 heteroatoms. The molecule has 4 rings (SSSR count). The molecule has 0 saturated carbocycles. The number of para-hydroxylation sites is 1. The minimum atomic E-state index is 0.0141. The molecule has 1 aromatic heterocycles. The van der Waals surface area contributed by atoms with Crippen molar-refractivity contribution in [3.8, 4) is 22.4 Å². The van der Waals surface area contributed by atoms with E-state index >= 15 is 0 Å². The molecule has 1 heterocycles. The highest BCUT2D eigenvalue weighted by Crippen LogP contribution is 2.31. The van der Waals surface area contributed by atoms with Gasteiger partial charge in [0.15, 0.2) is 0 Å². The van der Waals surface area contributed by atoms with Crippen LogP contribution in [0.15, 0.2) is 78.9 Å². The zero-order valence-corrected chi connectivity index (χ0v) is 14.1. The van der Waals surface area contributed by atoms with Gasteiger partial charge in [-0.25, -0.2) is 4.98 Å². The van der Waals surface area contributed by atoms with Crippen molar-refractivity contribution in [3.05, 3.63) is 90.0 Å². The highest BCUT2D eigenvalue weighted by atomic mass is 16.3. The Hall–Kier alpha value is -2.97. The molecule has 0 aliphatic carbocycles. The van der Waals surface area contributed by atoms with Crippen molar-refractivity contribution in [2.45, 2.75) is 13.5 Å². The van der Waals surface area contributed by atoms with Gasteiger partial charge in [-0.1, -0.05) is 66.7 Å². The Bertz CT molecular complexity index is 1040. The Morgan fingerprint density at radius 1 is 0.760 bits per heavy atom. The monoisotopic (exact) mass is 325 g/mol. The minimum absolute atomic E-state index is 0.0141. The second kappa shape index (κ2) is 6.50. The van der Waals surface area contributed by atoms with Crippen LogP contribution in [0.2, 0.25) is 0 Å². The van der Waals surface area contributed by atoms with Crippen molar-refractivity contribution in [1.82, 2.24) is 4.98 Å². The fourth-order valence-electron chi connectivity index (χ4n) is 3.34. The molecule has 0 aliphatic heterocycles. The summed E-state index contributed by atoms with van der Waals surface area (Å²) in [6.07, 6.45) is 0. The molecule has 0 radical (unpaired) electrons. The number of fused-ring (bicyclic) bond motifs is 1. The van der Waals surface area contributed by atoms with E-state index in [2.05, 4.69) is 36.4 Å². The Labute approximate surface area is 147 Å². The maximum atomic E-state index is 9.89. The molecule has 0 amide bonds. The first-order valence-electron chi connectivity index (χ1n) is 8.43. The van der Waals surface area contributed by atoms with Crippen molar-refractivity contribution in [2.75, 3.05) is 0 Å². The third-order valence-corrected chi connectivity index (χ3v) is 4.67. The molecule has 0 spiro atoms. The van der Waals surface area contributed by atoms with E-state index in [0.717, 1.165) is 38.9 Å². The van der Waals surface area contributed by atoms with Crippen LogP contribution in [0, 0.1) is 6.92 Å². The molecule has 25 heavy (non-hydrogen) atoms. The van der Waals surface area contributed by atoms with E-state index in [4.69, 9.17) is 4.98 Å². The summed E-state index contributed by atoms with van der Waals surface area (Å²) in [6.45, 7) is 2.05. The molecule has 0 aliphatic rings. The Kier molecular flexibility index (Phi) is 4.04. The molecular weight excluding hydrogens is 306 g/mol. The minimum Gasteiger partial charge on any atom is -0.392 e. The molecular formula is C23H19NO. The van der Waals surface area contributed by atoms with Crippen LogP contribution in [0.25, 0.3) is 33.3 Å². The van der Waals surface area contributed by atoms with Gasteiger partial charge in [0.25, 0.3) is 0 Å². The number of rotatable bonds is 3. The predicted octanol–water partition coefficient (Wildman–Crippen LogP) is 5.37. The number of pyridine rings is 1. The summed E-state index contributed by atoms with van der Waals surface area (Å²) in [7, 11) is 0. The topological polar surface area (TPSA) is 33.1 Å². The number of nitrogens with zero attached hydrogens (tertiary/aromatic N) is 1. The average molecular weight is 325 g/mol. The van der Waals surface area contributed by atoms with Crippen LogP contribution in [-0.2, 0) is 6.61 Å². The van der Waals surface area contributed by atoms with E-state index in [1.165, 1.54) is 5.56 Å².